The quantitative estimate of drug-likeness (QED) is 0.361. The molecule has 0 unspecified atom stereocenters. The fraction of sp³-hybridized carbons (Fsp3) is 0.0435. The molecule has 3 aromatic carbocycles. The highest BCUT2D eigenvalue weighted by Crippen LogP contribution is 2.12. The van der Waals surface area contributed by atoms with Crippen LogP contribution in [-0.4, -0.2) is 22.8 Å². The van der Waals surface area contributed by atoms with Gasteiger partial charge in [0.25, 0.3) is 17.7 Å². The summed E-state index contributed by atoms with van der Waals surface area (Å²) in [4.78, 5) is 36.6. The molecule has 0 aromatic heterocycles. The third kappa shape index (κ3) is 5.96. The normalized spacial score (nSPS) is 10.1. The molecule has 32 heavy (non-hydrogen) atoms. The van der Waals surface area contributed by atoms with Crippen molar-refractivity contribution in [2.45, 2.75) is 6.92 Å². The van der Waals surface area contributed by atoms with Crippen molar-refractivity contribution in [1.82, 2.24) is 16.2 Å². The summed E-state index contributed by atoms with van der Waals surface area (Å²) in [5.41, 5.74) is 6.85. The molecule has 7 nitrogen and oxygen atoms in total. The van der Waals surface area contributed by atoms with Crippen LogP contribution in [0.2, 0.25) is 0 Å². The Morgan fingerprint density at radius 1 is 0.781 bits per heavy atom. The maximum absolute atomic E-state index is 13.6. The number of hydrazine groups is 1. The zero-order valence-corrected chi connectivity index (χ0v) is 17.8. The van der Waals surface area contributed by atoms with Crippen LogP contribution in [0.3, 0.4) is 0 Å². The molecule has 0 heterocycles. The lowest BCUT2D eigenvalue weighted by atomic mass is 10.1. The van der Waals surface area contributed by atoms with Crippen molar-refractivity contribution < 1.29 is 18.8 Å². The third-order valence-corrected chi connectivity index (χ3v) is 4.52. The van der Waals surface area contributed by atoms with Gasteiger partial charge < -0.3 is 5.32 Å². The van der Waals surface area contributed by atoms with Gasteiger partial charge in [-0.3, -0.25) is 30.6 Å². The molecular formula is C23H19FN4O3S. The second kappa shape index (κ2) is 10.3. The smallest absolute Gasteiger partial charge is 0.269 e. The van der Waals surface area contributed by atoms with Gasteiger partial charge in [0.15, 0.2) is 5.11 Å². The Kier molecular flexibility index (Phi) is 7.25. The van der Waals surface area contributed by atoms with E-state index in [0.29, 0.717) is 11.3 Å². The van der Waals surface area contributed by atoms with Crippen molar-refractivity contribution in [1.29, 1.82) is 0 Å². The van der Waals surface area contributed by atoms with Gasteiger partial charge in [0.2, 0.25) is 0 Å². The molecule has 0 saturated heterocycles. The molecule has 3 amide bonds. The van der Waals surface area contributed by atoms with Crippen molar-refractivity contribution >= 4 is 40.7 Å². The molecule has 0 radical (unpaired) electrons. The van der Waals surface area contributed by atoms with E-state index in [4.69, 9.17) is 12.2 Å². The topological polar surface area (TPSA) is 99.3 Å². The monoisotopic (exact) mass is 450 g/mol. The van der Waals surface area contributed by atoms with Crippen LogP contribution < -0.4 is 21.5 Å². The number of aryl methyl sites for hydroxylation is 1. The van der Waals surface area contributed by atoms with Gasteiger partial charge in [-0.05, 0) is 67.7 Å². The van der Waals surface area contributed by atoms with Crippen molar-refractivity contribution in [3.8, 4) is 0 Å². The number of hydrogen-bond acceptors (Lipinski definition) is 4. The lowest BCUT2D eigenvalue weighted by Gasteiger charge is -2.11. The van der Waals surface area contributed by atoms with Gasteiger partial charge in [0.1, 0.15) is 5.82 Å². The van der Waals surface area contributed by atoms with Gasteiger partial charge >= 0.3 is 0 Å². The number of carbonyl (C=O) groups excluding carboxylic acids is 3. The van der Waals surface area contributed by atoms with Gasteiger partial charge in [0.05, 0.1) is 5.56 Å². The van der Waals surface area contributed by atoms with Gasteiger partial charge in [0, 0.05) is 16.8 Å². The average molecular weight is 450 g/mol. The number of carbonyl (C=O) groups is 3. The first-order valence-electron chi connectivity index (χ1n) is 9.48. The Labute approximate surface area is 189 Å². The molecule has 0 fully saturated rings. The van der Waals surface area contributed by atoms with Gasteiger partial charge in [-0.2, -0.15) is 0 Å². The lowest BCUT2D eigenvalue weighted by Crippen LogP contribution is -2.48. The summed E-state index contributed by atoms with van der Waals surface area (Å²) < 4.78 is 13.6. The van der Waals surface area contributed by atoms with Crippen LogP contribution in [0.25, 0.3) is 0 Å². The minimum absolute atomic E-state index is 0.175. The first-order chi connectivity index (χ1) is 15.3. The predicted octanol–water partition coefficient (Wildman–Crippen LogP) is 3.34. The Morgan fingerprint density at radius 3 is 2.19 bits per heavy atom. The van der Waals surface area contributed by atoms with Crippen molar-refractivity contribution in [3.05, 3.63) is 101 Å². The first-order valence-corrected chi connectivity index (χ1v) is 9.88. The number of hydrogen-bond donors (Lipinski definition) is 4. The van der Waals surface area contributed by atoms with E-state index in [1.807, 2.05) is 13.0 Å². The molecule has 0 aliphatic carbocycles. The van der Waals surface area contributed by atoms with Crippen LogP contribution in [0.1, 0.15) is 36.6 Å². The molecule has 3 aromatic rings. The van der Waals surface area contributed by atoms with Gasteiger partial charge in [-0.15, -0.1) is 0 Å². The second-order valence-corrected chi connectivity index (χ2v) is 7.15. The van der Waals surface area contributed by atoms with E-state index in [2.05, 4.69) is 21.5 Å². The number of halogens is 1. The summed E-state index contributed by atoms with van der Waals surface area (Å²) in [6.45, 7) is 1.90. The zero-order chi connectivity index (χ0) is 23.1. The molecule has 0 saturated carbocycles. The second-order valence-electron chi connectivity index (χ2n) is 6.74. The Bertz CT molecular complexity index is 1180. The third-order valence-electron chi connectivity index (χ3n) is 4.32. The van der Waals surface area contributed by atoms with E-state index < -0.39 is 17.6 Å². The molecule has 4 N–H and O–H groups in total. The van der Waals surface area contributed by atoms with Crippen LogP contribution in [0, 0.1) is 12.7 Å². The largest absolute Gasteiger partial charge is 0.322 e. The van der Waals surface area contributed by atoms with Crippen LogP contribution in [-0.2, 0) is 0 Å². The highest BCUT2D eigenvalue weighted by atomic mass is 32.1. The van der Waals surface area contributed by atoms with E-state index in [-0.39, 0.29) is 22.1 Å². The number of nitrogens with one attached hydrogen (secondary N) is 4. The number of rotatable bonds is 4. The van der Waals surface area contributed by atoms with E-state index in [9.17, 15) is 18.8 Å². The molecule has 0 aliphatic rings. The number of benzene rings is 3. The number of amides is 3. The highest BCUT2D eigenvalue weighted by molar-refractivity contribution is 7.80. The van der Waals surface area contributed by atoms with E-state index in [1.165, 1.54) is 30.3 Å². The molecule has 3 rings (SSSR count). The molecule has 0 bridgehead atoms. The molecule has 0 spiro atoms. The molecule has 9 heteroatoms. The Balaban J connectivity index is 1.51. The van der Waals surface area contributed by atoms with Crippen molar-refractivity contribution in [2.75, 3.05) is 5.32 Å². The molecule has 0 aliphatic heterocycles. The lowest BCUT2D eigenvalue weighted by molar-refractivity contribution is 0.0933. The van der Waals surface area contributed by atoms with Crippen LogP contribution in [0.4, 0.5) is 10.1 Å². The summed E-state index contributed by atoms with van der Waals surface area (Å²) in [7, 11) is 0. The number of anilines is 1. The van der Waals surface area contributed by atoms with Crippen LogP contribution in [0.15, 0.2) is 72.8 Å². The van der Waals surface area contributed by atoms with Crippen LogP contribution >= 0.6 is 12.2 Å². The molecule has 0 atom stereocenters. The van der Waals surface area contributed by atoms with E-state index in [0.717, 1.165) is 11.6 Å². The van der Waals surface area contributed by atoms with Crippen molar-refractivity contribution in [3.63, 3.8) is 0 Å². The summed E-state index contributed by atoms with van der Waals surface area (Å²) in [5, 5.41) is 4.83. The minimum Gasteiger partial charge on any atom is -0.322 e. The maximum atomic E-state index is 13.6. The zero-order valence-electron chi connectivity index (χ0n) is 16.9. The van der Waals surface area contributed by atoms with Gasteiger partial charge in [-0.1, -0.05) is 29.8 Å². The fourth-order valence-electron chi connectivity index (χ4n) is 2.73. The summed E-state index contributed by atoms with van der Waals surface area (Å²) in [6.07, 6.45) is 0. The Morgan fingerprint density at radius 2 is 1.50 bits per heavy atom. The van der Waals surface area contributed by atoms with Gasteiger partial charge in [-0.25, -0.2) is 4.39 Å². The molecule has 162 valence electrons. The van der Waals surface area contributed by atoms with E-state index >= 15 is 0 Å². The van der Waals surface area contributed by atoms with Crippen molar-refractivity contribution in [2.24, 2.45) is 0 Å². The highest BCUT2D eigenvalue weighted by Gasteiger charge is 2.13. The predicted molar refractivity (Wildman–Crippen MR) is 123 cm³/mol. The van der Waals surface area contributed by atoms with Crippen LogP contribution in [0.5, 0.6) is 0 Å². The number of thiocarbonyl (C=S) groups is 1. The standard InChI is InChI=1S/C23H19FN4O3S/c1-14-5-4-6-16(13-14)20(29)25-17-11-9-15(10-12-17)21(30)27-28-23(32)26-22(31)18-7-2-3-8-19(18)24/h2-13H,1H3,(H,25,29)(H,27,30)(H2,26,28,31,32). The summed E-state index contributed by atoms with van der Waals surface area (Å²) >= 11 is 4.94. The summed E-state index contributed by atoms with van der Waals surface area (Å²) in [5.74, 6) is -2.22. The fourth-order valence-corrected chi connectivity index (χ4v) is 2.87. The SMILES string of the molecule is Cc1cccc(C(=O)Nc2ccc(C(=O)NNC(=S)NC(=O)c3ccccc3F)cc2)c1. The maximum Gasteiger partial charge on any atom is 0.269 e. The molecular weight excluding hydrogens is 431 g/mol. The first kappa shape index (κ1) is 22.6. The minimum atomic E-state index is -0.747. The van der Waals surface area contributed by atoms with E-state index in [1.54, 1.807) is 30.3 Å². The Hall–Kier alpha value is -4.11. The average Bonchev–Trinajstić information content (AvgIpc) is 2.78. The summed E-state index contributed by atoms with van der Waals surface area (Å²) in [6, 6.07) is 18.8.